The van der Waals surface area contributed by atoms with Crippen molar-refractivity contribution in [3.8, 4) is 0 Å². The van der Waals surface area contributed by atoms with Gasteiger partial charge in [-0.25, -0.2) is 9.18 Å². The summed E-state index contributed by atoms with van der Waals surface area (Å²) < 4.78 is 20.0. The van der Waals surface area contributed by atoms with Gasteiger partial charge in [0.05, 0.1) is 5.56 Å². The number of benzene rings is 1. The summed E-state index contributed by atoms with van der Waals surface area (Å²) in [5, 5.41) is 3.43. The van der Waals surface area contributed by atoms with Crippen LogP contribution < -0.4 is 5.32 Å². The smallest absolute Gasteiger partial charge is 0.341 e. The number of carbonyl (C=O) groups is 1. The Balaban J connectivity index is 1.84. The molecule has 1 saturated carbocycles. The zero-order chi connectivity index (χ0) is 18.2. The molecular weight excluding hydrogens is 319 g/mol. The van der Waals surface area contributed by atoms with Crippen molar-refractivity contribution in [3.63, 3.8) is 0 Å². The van der Waals surface area contributed by atoms with E-state index in [0.29, 0.717) is 12.0 Å². The fourth-order valence-electron chi connectivity index (χ4n) is 3.43. The van der Waals surface area contributed by atoms with E-state index in [9.17, 15) is 9.18 Å². The van der Waals surface area contributed by atoms with Gasteiger partial charge in [0.25, 0.3) is 0 Å². The summed E-state index contributed by atoms with van der Waals surface area (Å²) in [5.41, 5.74) is 1.57. The first-order chi connectivity index (χ1) is 11.7. The fraction of sp³-hybridized carbons (Fsp3) is 0.650. The number of nitrogens with zero attached hydrogens (tertiary/aromatic N) is 1. The second kappa shape index (κ2) is 7.04. The van der Waals surface area contributed by atoms with Gasteiger partial charge in [0.15, 0.2) is 0 Å². The largest absolute Gasteiger partial charge is 0.456 e. The standard InChI is InChI=1S/C20H29FN2O2/c1-13-11-23(8-7-22-13)12-15-9-18(21)17(10-16(15)14-5-6-14)19(24)25-20(2,3)4/h9-10,13-14,22H,5-8,11-12H2,1-4H3/t13-/m1/s1. The van der Waals surface area contributed by atoms with Crippen molar-refractivity contribution in [1.82, 2.24) is 10.2 Å². The highest BCUT2D eigenvalue weighted by Crippen LogP contribution is 2.43. The molecule has 1 aliphatic heterocycles. The fourth-order valence-corrected chi connectivity index (χ4v) is 3.43. The first-order valence-electron chi connectivity index (χ1n) is 9.24. The van der Waals surface area contributed by atoms with Crippen LogP contribution in [-0.2, 0) is 11.3 Å². The second-order valence-corrected chi connectivity index (χ2v) is 8.40. The second-order valence-electron chi connectivity index (χ2n) is 8.40. The number of ether oxygens (including phenoxy) is 1. The quantitative estimate of drug-likeness (QED) is 0.846. The maximum Gasteiger partial charge on any atom is 0.341 e. The number of nitrogens with one attached hydrogen (secondary N) is 1. The first kappa shape index (κ1) is 18.3. The van der Waals surface area contributed by atoms with Crippen molar-refractivity contribution in [3.05, 3.63) is 34.6 Å². The molecule has 2 fully saturated rings. The highest BCUT2D eigenvalue weighted by molar-refractivity contribution is 5.90. The van der Waals surface area contributed by atoms with E-state index in [1.54, 1.807) is 32.9 Å². The van der Waals surface area contributed by atoms with Gasteiger partial charge in [-0.3, -0.25) is 4.90 Å². The van der Waals surface area contributed by atoms with Crippen molar-refractivity contribution in [1.29, 1.82) is 0 Å². The molecule has 5 heteroatoms. The molecule has 0 aromatic heterocycles. The SMILES string of the molecule is C[C@@H]1CN(Cc2cc(F)c(C(=O)OC(C)(C)C)cc2C2CC2)CCN1. The van der Waals surface area contributed by atoms with Crippen molar-refractivity contribution >= 4 is 5.97 Å². The number of hydrogen-bond acceptors (Lipinski definition) is 4. The van der Waals surface area contributed by atoms with Crippen molar-refractivity contribution < 1.29 is 13.9 Å². The highest BCUT2D eigenvalue weighted by atomic mass is 19.1. The van der Waals surface area contributed by atoms with E-state index in [0.717, 1.165) is 50.1 Å². The molecule has 25 heavy (non-hydrogen) atoms. The van der Waals surface area contributed by atoms with Gasteiger partial charge in [-0.05, 0) is 69.7 Å². The van der Waals surface area contributed by atoms with E-state index in [1.165, 1.54) is 0 Å². The van der Waals surface area contributed by atoms with Gasteiger partial charge in [0.2, 0.25) is 0 Å². The van der Waals surface area contributed by atoms with Crippen molar-refractivity contribution in [2.24, 2.45) is 0 Å². The maximum atomic E-state index is 14.6. The molecule has 0 bridgehead atoms. The Bertz CT molecular complexity index is 650. The van der Waals surface area contributed by atoms with E-state index in [-0.39, 0.29) is 5.56 Å². The van der Waals surface area contributed by atoms with Crippen LogP contribution in [0.1, 0.15) is 67.9 Å². The van der Waals surface area contributed by atoms with Gasteiger partial charge >= 0.3 is 5.97 Å². The van der Waals surface area contributed by atoms with Crippen LogP contribution in [0.25, 0.3) is 0 Å². The molecule has 0 radical (unpaired) electrons. The molecule has 1 atom stereocenters. The maximum absolute atomic E-state index is 14.6. The number of esters is 1. The third-order valence-corrected chi connectivity index (χ3v) is 4.71. The van der Waals surface area contributed by atoms with E-state index in [2.05, 4.69) is 17.1 Å². The molecule has 2 aliphatic rings. The summed E-state index contributed by atoms with van der Waals surface area (Å²) in [7, 11) is 0. The van der Waals surface area contributed by atoms with Crippen molar-refractivity contribution in [2.45, 2.75) is 64.6 Å². The molecule has 1 saturated heterocycles. The lowest BCUT2D eigenvalue weighted by atomic mass is 9.98. The molecule has 1 N–H and O–H groups in total. The number of piperazine rings is 1. The Kier molecular flexibility index (Phi) is 5.16. The topological polar surface area (TPSA) is 41.6 Å². The molecule has 0 spiro atoms. The Morgan fingerprint density at radius 3 is 2.68 bits per heavy atom. The first-order valence-corrected chi connectivity index (χ1v) is 9.24. The molecule has 1 aromatic rings. The Morgan fingerprint density at radius 2 is 2.08 bits per heavy atom. The molecular formula is C20H29FN2O2. The lowest BCUT2D eigenvalue weighted by Crippen LogP contribution is -2.48. The van der Waals surface area contributed by atoms with Crippen LogP contribution in [0.4, 0.5) is 4.39 Å². The Labute approximate surface area is 149 Å². The number of hydrogen-bond donors (Lipinski definition) is 1. The van der Waals surface area contributed by atoms with Gasteiger partial charge in [0, 0.05) is 32.2 Å². The summed E-state index contributed by atoms with van der Waals surface area (Å²) >= 11 is 0. The zero-order valence-electron chi connectivity index (χ0n) is 15.7. The number of halogens is 1. The predicted octanol–water partition coefficient (Wildman–Crippen LogP) is 3.45. The molecule has 138 valence electrons. The van der Waals surface area contributed by atoms with Crippen LogP contribution in [-0.4, -0.2) is 42.1 Å². The molecule has 0 unspecified atom stereocenters. The molecule has 3 rings (SSSR count). The lowest BCUT2D eigenvalue weighted by Gasteiger charge is -2.32. The summed E-state index contributed by atoms with van der Waals surface area (Å²) in [6, 6.07) is 3.74. The van der Waals surface area contributed by atoms with Crippen LogP contribution in [0.3, 0.4) is 0 Å². The van der Waals surface area contributed by atoms with Crippen LogP contribution >= 0.6 is 0 Å². The van der Waals surface area contributed by atoms with Crippen LogP contribution in [0.15, 0.2) is 12.1 Å². The molecule has 4 nitrogen and oxygen atoms in total. The van der Waals surface area contributed by atoms with Gasteiger partial charge in [-0.15, -0.1) is 0 Å². The third-order valence-electron chi connectivity index (χ3n) is 4.71. The molecule has 0 amide bonds. The van der Waals surface area contributed by atoms with E-state index >= 15 is 0 Å². The summed E-state index contributed by atoms with van der Waals surface area (Å²) in [4.78, 5) is 14.7. The van der Waals surface area contributed by atoms with Crippen LogP contribution in [0, 0.1) is 5.82 Å². The van der Waals surface area contributed by atoms with Crippen LogP contribution in [0.2, 0.25) is 0 Å². The summed E-state index contributed by atoms with van der Waals surface area (Å²) in [6.07, 6.45) is 2.23. The number of rotatable bonds is 4. The average Bonchev–Trinajstić information content (AvgIpc) is 3.30. The Morgan fingerprint density at radius 1 is 1.36 bits per heavy atom. The van der Waals surface area contributed by atoms with Crippen molar-refractivity contribution in [2.75, 3.05) is 19.6 Å². The molecule has 1 aromatic carbocycles. The van der Waals surface area contributed by atoms with E-state index in [1.807, 2.05) is 0 Å². The lowest BCUT2D eigenvalue weighted by molar-refractivity contribution is 0.00645. The predicted molar refractivity (Wildman–Crippen MR) is 96.3 cm³/mol. The highest BCUT2D eigenvalue weighted by Gasteiger charge is 2.30. The monoisotopic (exact) mass is 348 g/mol. The average molecular weight is 348 g/mol. The minimum absolute atomic E-state index is 0.0641. The normalized spacial score (nSPS) is 22.0. The minimum atomic E-state index is -0.626. The summed E-state index contributed by atoms with van der Waals surface area (Å²) in [5.74, 6) is -0.594. The molecule has 1 heterocycles. The van der Waals surface area contributed by atoms with E-state index < -0.39 is 17.4 Å². The van der Waals surface area contributed by atoms with Gasteiger partial charge in [-0.1, -0.05) is 0 Å². The summed E-state index contributed by atoms with van der Waals surface area (Å²) in [6.45, 7) is 11.2. The van der Waals surface area contributed by atoms with E-state index in [4.69, 9.17) is 4.74 Å². The van der Waals surface area contributed by atoms with Gasteiger partial charge in [-0.2, -0.15) is 0 Å². The zero-order valence-corrected chi connectivity index (χ0v) is 15.7. The molecule has 1 aliphatic carbocycles. The third kappa shape index (κ3) is 4.79. The number of carbonyl (C=O) groups excluding carboxylic acids is 1. The van der Waals surface area contributed by atoms with Crippen LogP contribution in [0.5, 0.6) is 0 Å². The van der Waals surface area contributed by atoms with Gasteiger partial charge in [0.1, 0.15) is 11.4 Å². The minimum Gasteiger partial charge on any atom is -0.456 e. The van der Waals surface area contributed by atoms with Gasteiger partial charge < -0.3 is 10.1 Å². The Hall–Kier alpha value is -1.46.